The topological polar surface area (TPSA) is 58.6 Å². The van der Waals surface area contributed by atoms with Crippen LogP contribution in [-0.4, -0.2) is 36.9 Å². The second-order valence-corrected chi connectivity index (χ2v) is 7.12. The first-order valence-corrected chi connectivity index (χ1v) is 9.64. The fourth-order valence-corrected chi connectivity index (χ4v) is 3.78. The normalized spacial score (nSPS) is 18.7. The van der Waals surface area contributed by atoms with Crippen LogP contribution in [-0.2, 0) is 9.59 Å². The largest absolute Gasteiger partial charge is 0.496 e. The van der Waals surface area contributed by atoms with Crippen LogP contribution in [0.2, 0.25) is 0 Å². The number of hydrogen-bond acceptors (Lipinski definition) is 3. The molecule has 1 saturated heterocycles. The number of carbonyl (C=O) groups excluding carboxylic acids is 2. The van der Waals surface area contributed by atoms with Crippen LogP contribution >= 0.6 is 0 Å². The van der Waals surface area contributed by atoms with Crippen molar-refractivity contribution in [2.45, 2.75) is 44.9 Å². The summed E-state index contributed by atoms with van der Waals surface area (Å²) in [5.74, 6) is 0.577. The minimum absolute atomic E-state index is 0.0187. The summed E-state index contributed by atoms with van der Waals surface area (Å²) < 4.78 is 5.39. The molecule has 26 heavy (non-hydrogen) atoms. The number of nitrogens with one attached hydrogen (secondary N) is 1. The lowest BCUT2D eigenvalue weighted by atomic mass is 10.1. The van der Waals surface area contributed by atoms with Gasteiger partial charge in [-0.25, -0.2) is 0 Å². The van der Waals surface area contributed by atoms with Gasteiger partial charge in [0.05, 0.1) is 7.11 Å². The van der Waals surface area contributed by atoms with Crippen molar-refractivity contribution in [2.75, 3.05) is 20.2 Å². The Morgan fingerprint density at radius 3 is 2.46 bits per heavy atom. The van der Waals surface area contributed by atoms with Crippen molar-refractivity contribution in [3.63, 3.8) is 0 Å². The van der Waals surface area contributed by atoms with E-state index in [0.717, 1.165) is 63.6 Å². The molecule has 3 rings (SSSR count). The third-order valence-electron chi connectivity index (χ3n) is 5.30. The maximum atomic E-state index is 13.1. The number of methoxy groups -OCH3 is 1. The monoisotopic (exact) mass is 356 g/mol. The molecule has 0 unspecified atom stereocenters. The van der Waals surface area contributed by atoms with Crippen molar-refractivity contribution in [3.05, 3.63) is 35.5 Å². The molecule has 1 N–H and O–H groups in total. The Kier molecular flexibility index (Phi) is 6.31. The lowest BCUT2D eigenvalue weighted by Gasteiger charge is -2.28. The zero-order valence-electron chi connectivity index (χ0n) is 15.5. The predicted molar refractivity (Wildman–Crippen MR) is 102 cm³/mol. The van der Waals surface area contributed by atoms with Crippen LogP contribution in [0.1, 0.15) is 50.5 Å². The number of likely N-dealkylation sites (tertiary alicyclic amines) is 1. The van der Waals surface area contributed by atoms with E-state index in [1.165, 1.54) is 0 Å². The smallest absolute Gasteiger partial charge is 0.270 e. The number of piperidine rings is 1. The van der Waals surface area contributed by atoms with Gasteiger partial charge in [-0.1, -0.05) is 31.0 Å². The maximum absolute atomic E-state index is 13.1. The summed E-state index contributed by atoms with van der Waals surface area (Å²) in [6.07, 6.45) is 8.94. The molecular weight excluding hydrogens is 328 g/mol. The highest BCUT2D eigenvalue weighted by Crippen LogP contribution is 2.26. The van der Waals surface area contributed by atoms with Crippen molar-refractivity contribution in [3.8, 4) is 5.75 Å². The van der Waals surface area contributed by atoms with Crippen molar-refractivity contribution in [2.24, 2.45) is 5.92 Å². The Morgan fingerprint density at radius 1 is 1.08 bits per heavy atom. The Morgan fingerprint density at radius 2 is 1.77 bits per heavy atom. The van der Waals surface area contributed by atoms with Crippen LogP contribution in [0, 0.1) is 5.92 Å². The van der Waals surface area contributed by atoms with Gasteiger partial charge >= 0.3 is 0 Å². The number of benzene rings is 1. The third-order valence-corrected chi connectivity index (χ3v) is 5.30. The molecule has 1 aliphatic carbocycles. The van der Waals surface area contributed by atoms with E-state index in [9.17, 15) is 9.59 Å². The SMILES string of the molecule is COc1ccccc1C=C(NC(=O)C1CCCC1)C(=O)N1CCCCC1. The Balaban J connectivity index is 1.85. The summed E-state index contributed by atoms with van der Waals surface area (Å²) in [4.78, 5) is 27.5. The molecule has 2 fully saturated rings. The molecule has 1 heterocycles. The van der Waals surface area contributed by atoms with E-state index in [1.807, 2.05) is 29.2 Å². The molecule has 5 nitrogen and oxygen atoms in total. The summed E-state index contributed by atoms with van der Waals surface area (Å²) in [6.45, 7) is 1.50. The molecule has 1 aliphatic heterocycles. The molecule has 0 atom stereocenters. The Bertz CT molecular complexity index is 672. The summed E-state index contributed by atoms with van der Waals surface area (Å²) in [6, 6.07) is 7.53. The highest BCUT2D eigenvalue weighted by atomic mass is 16.5. The lowest BCUT2D eigenvalue weighted by Crippen LogP contribution is -2.42. The summed E-state index contributed by atoms with van der Waals surface area (Å²) in [7, 11) is 1.61. The van der Waals surface area contributed by atoms with Crippen molar-refractivity contribution in [1.29, 1.82) is 0 Å². The molecule has 0 spiro atoms. The van der Waals surface area contributed by atoms with Gasteiger partial charge in [-0.15, -0.1) is 0 Å². The molecule has 5 heteroatoms. The quantitative estimate of drug-likeness (QED) is 0.823. The Hall–Kier alpha value is -2.30. The van der Waals surface area contributed by atoms with Gasteiger partial charge in [0.15, 0.2) is 0 Å². The van der Waals surface area contributed by atoms with Crippen LogP contribution in [0.15, 0.2) is 30.0 Å². The third kappa shape index (κ3) is 4.45. The minimum atomic E-state index is -0.0954. The summed E-state index contributed by atoms with van der Waals surface area (Å²) >= 11 is 0. The molecule has 2 aliphatic rings. The average Bonchev–Trinajstić information content (AvgIpc) is 3.23. The highest BCUT2D eigenvalue weighted by Gasteiger charge is 2.27. The first-order chi connectivity index (χ1) is 12.7. The average molecular weight is 356 g/mol. The number of para-hydroxylation sites is 1. The predicted octanol–water partition coefficient (Wildman–Crippen LogP) is 3.36. The van der Waals surface area contributed by atoms with Crippen LogP contribution in [0.5, 0.6) is 5.75 Å². The zero-order chi connectivity index (χ0) is 18.4. The molecule has 0 aromatic heterocycles. The number of rotatable bonds is 5. The van der Waals surface area contributed by atoms with E-state index in [-0.39, 0.29) is 17.7 Å². The molecule has 1 aromatic carbocycles. The standard InChI is InChI=1S/C21H28N2O3/c1-26-19-12-6-5-11-17(19)15-18(21(25)23-13-7-2-8-14-23)22-20(24)16-9-3-4-10-16/h5-6,11-12,15-16H,2-4,7-10,13-14H2,1H3,(H,22,24). The fourth-order valence-electron chi connectivity index (χ4n) is 3.78. The summed E-state index contributed by atoms with van der Waals surface area (Å²) in [5.41, 5.74) is 1.15. The van der Waals surface area contributed by atoms with Gasteiger partial charge in [0.1, 0.15) is 11.4 Å². The van der Waals surface area contributed by atoms with Gasteiger partial charge < -0.3 is 15.0 Å². The zero-order valence-corrected chi connectivity index (χ0v) is 15.5. The molecule has 140 valence electrons. The lowest BCUT2D eigenvalue weighted by molar-refractivity contribution is -0.131. The first-order valence-electron chi connectivity index (χ1n) is 9.64. The number of carbonyl (C=O) groups is 2. The van der Waals surface area contributed by atoms with E-state index in [4.69, 9.17) is 4.74 Å². The van der Waals surface area contributed by atoms with Crippen molar-refractivity contribution < 1.29 is 14.3 Å². The van der Waals surface area contributed by atoms with Crippen LogP contribution in [0.25, 0.3) is 6.08 Å². The minimum Gasteiger partial charge on any atom is -0.496 e. The number of amides is 2. The van der Waals surface area contributed by atoms with E-state index in [2.05, 4.69) is 5.32 Å². The second-order valence-electron chi connectivity index (χ2n) is 7.12. The van der Waals surface area contributed by atoms with Gasteiger partial charge in [0, 0.05) is 24.6 Å². The molecule has 0 bridgehead atoms. The molecule has 0 radical (unpaired) electrons. The fraction of sp³-hybridized carbons (Fsp3) is 0.524. The second kappa shape index (κ2) is 8.88. The van der Waals surface area contributed by atoms with Gasteiger partial charge in [-0.2, -0.15) is 0 Å². The number of nitrogens with zero attached hydrogens (tertiary/aromatic N) is 1. The number of ether oxygens (including phenoxy) is 1. The first kappa shape index (κ1) is 18.5. The highest BCUT2D eigenvalue weighted by molar-refractivity contribution is 6.01. The van der Waals surface area contributed by atoms with E-state index in [0.29, 0.717) is 11.4 Å². The molecular formula is C21H28N2O3. The van der Waals surface area contributed by atoms with Gasteiger partial charge in [-0.3, -0.25) is 9.59 Å². The van der Waals surface area contributed by atoms with E-state index in [1.54, 1.807) is 13.2 Å². The number of hydrogen-bond donors (Lipinski definition) is 1. The van der Waals surface area contributed by atoms with E-state index < -0.39 is 0 Å². The van der Waals surface area contributed by atoms with Gasteiger partial charge in [0.2, 0.25) is 5.91 Å². The van der Waals surface area contributed by atoms with Gasteiger partial charge in [-0.05, 0) is 44.2 Å². The van der Waals surface area contributed by atoms with Crippen LogP contribution < -0.4 is 10.1 Å². The van der Waals surface area contributed by atoms with E-state index >= 15 is 0 Å². The Labute approximate surface area is 155 Å². The van der Waals surface area contributed by atoms with Crippen LogP contribution in [0.3, 0.4) is 0 Å². The van der Waals surface area contributed by atoms with Crippen molar-refractivity contribution in [1.82, 2.24) is 10.2 Å². The summed E-state index contributed by atoms with van der Waals surface area (Å²) in [5, 5.41) is 2.93. The van der Waals surface area contributed by atoms with Crippen LogP contribution in [0.4, 0.5) is 0 Å². The molecule has 1 aromatic rings. The van der Waals surface area contributed by atoms with Crippen molar-refractivity contribution >= 4 is 17.9 Å². The molecule has 1 saturated carbocycles. The van der Waals surface area contributed by atoms with Gasteiger partial charge in [0.25, 0.3) is 5.91 Å². The molecule has 2 amide bonds. The maximum Gasteiger partial charge on any atom is 0.270 e.